The molecule has 0 radical (unpaired) electrons. The maximum absolute atomic E-state index is 5.73. The second kappa shape index (κ2) is 6.71. The Morgan fingerprint density at radius 3 is 2.52 bits per heavy atom. The Balaban J connectivity index is 1.83. The van der Waals surface area contributed by atoms with E-state index in [1.54, 1.807) is 25.6 Å². The van der Waals surface area contributed by atoms with E-state index in [9.17, 15) is 0 Å². The van der Waals surface area contributed by atoms with Crippen molar-refractivity contribution in [2.75, 3.05) is 20.0 Å². The van der Waals surface area contributed by atoms with E-state index < -0.39 is 0 Å². The van der Waals surface area contributed by atoms with Crippen molar-refractivity contribution in [1.29, 1.82) is 0 Å². The van der Waals surface area contributed by atoms with E-state index in [1.807, 2.05) is 42.5 Å². The monoisotopic (exact) mass is 326 g/mol. The Morgan fingerprint density at radius 1 is 1.04 bits per heavy atom. The minimum absolute atomic E-state index is 0.729. The van der Waals surface area contributed by atoms with Crippen molar-refractivity contribution in [3.8, 4) is 22.8 Å². The smallest absolute Gasteiger partial charge is 0.126 e. The molecule has 3 rings (SSSR count). The van der Waals surface area contributed by atoms with E-state index in [1.165, 1.54) is 0 Å². The lowest BCUT2D eigenvalue weighted by Crippen LogP contribution is -1.95. The van der Waals surface area contributed by atoms with Crippen LogP contribution in [0, 0.1) is 0 Å². The second-order valence-corrected chi connectivity index (χ2v) is 6.05. The maximum atomic E-state index is 5.73. The van der Waals surface area contributed by atoms with Crippen LogP contribution in [-0.2, 0) is 6.42 Å². The molecule has 118 valence electrons. The molecule has 0 amide bonds. The summed E-state index contributed by atoms with van der Waals surface area (Å²) in [5, 5.41) is 3.11. The molecule has 2 aromatic carbocycles. The molecule has 0 unspecified atom stereocenters. The van der Waals surface area contributed by atoms with Gasteiger partial charge < -0.3 is 15.2 Å². The third kappa shape index (κ3) is 3.46. The third-order valence-electron chi connectivity index (χ3n) is 3.59. The topological polar surface area (TPSA) is 57.4 Å². The molecule has 0 bridgehead atoms. The van der Waals surface area contributed by atoms with Gasteiger partial charge in [-0.2, -0.15) is 0 Å². The van der Waals surface area contributed by atoms with Crippen molar-refractivity contribution >= 4 is 17.0 Å². The first-order valence-corrected chi connectivity index (χ1v) is 8.09. The summed E-state index contributed by atoms with van der Waals surface area (Å²) in [6.45, 7) is 0. The van der Waals surface area contributed by atoms with E-state index in [4.69, 9.17) is 20.2 Å². The van der Waals surface area contributed by atoms with Crippen LogP contribution >= 0.6 is 11.3 Å². The number of anilines is 1. The second-order valence-electron chi connectivity index (χ2n) is 5.10. The van der Waals surface area contributed by atoms with Crippen LogP contribution in [-0.4, -0.2) is 19.2 Å². The molecule has 0 aliphatic heterocycles. The van der Waals surface area contributed by atoms with Crippen molar-refractivity contribution < 1.29 is 9.47 Å². The molecule has 0 aliphatic carbocycles. The number of rotatable bonds is 5. The molecule has 0 atom stereocenters. The summed E-state index contributed by atoms with van der Waals surface area (Å²) in [6.07, 6.45) is 0.729. The van der Waals surface area contributed by atoms with Crippen molar-refractivity contribution in [1.82, 2.24) is 4.98 Å². The Kier molecular flexibility index (Phi) is 4.48. The number of nitrogen functional groups attached to an aromatic ring is 1. The summed E-state index contributed by atoms with van der Waals surface area (Å²) in [5.41, 5.74) is 9.61. The molecule has 0 saturated heterocycles. The fourth-order valence-electron chi connectivity index (χ4n) is 2.34. The van der Waals surface area contributed by atoms with E-state index in [0.717, 1.165) is 45.4 Å². The summed E-state index contributed by atoms with van der Waals surface area (Å²) >= 11 is 1.64. The van der Waals surface area contributed by atoms with Gasteiger partial charge in [-0.25, -0.2) is 4.98 Å². The Labute approximate surface area is 139 Å². The van der Waals surface area contributed by atoms with Gasteiger partial charge in [-0.05, 0) is 18.2 Å². The quantitative estimate of drug-likeness (QED) is 0.720. The van der Waals surface area contributed by atoms with E-state index in [0.29, 0.717) is 0 Å². The number of aromatic nitrogens is 1. The minimum Gasteiger partial charge on any atom is -0.497 e. The normalized spacial score (nSPS) is 10.5. The highest BCUT2D eigenvalue weighted by Crippen LogP contribution is 2.29. The number of hydrogen-bond donors (Lipinski definition) is 1. The first kappa shape index (κ1) is 15.4. The molecule has 1 aromatic heterocycles. The maximum Gasteiger partial charge on any atom is 0.126 e. The van der Waals surface area contributed by atoms with Gasteiger partial charge in [0.2, 0.25) is 0 Å². The number of thiazole rings is 1. The van der Waals surface area contributed by atoms with Crippen molar-refractivity contribution in [2.45, 2.75) is 6.42 Å². The highest BCUT2D eigenvalue weighted by atomic mass is 32.1. The molecule has 0 aliphatic rings. The van der Waals surface area contributed by atoms with Crippen LogP contribution in [0.4, 0.5) is 5.69 Å². The van der Waals surface area contributed by atoms with Crippen LogP contribution in [0.1, 0.15) is 10.6 Å². The molecule has 0 spiro atoms. The highest BCUT2D eigenvalue weighted by Gasteiger charge is 2.10. The van der Waals surface area contributed by atoms with Crippen LogP contribution in [0.5, 0.6) is 11.5 Å². The summed E-state index contributed by atoms with van der Waals surface area (Å²) in [5.74, 6) is 1.60. The van der Waals surface area contributed by atoms with E-state index in [-0.39, 0.29) is 0 Å². The van der Waals surface area contributed by atoms with Gasteiger partial charge in [-0.15, -0.1) is 11.3 Å². The lowest BCUT2D eigenvalue weighted by atomic mass is 10.1. The predicted molar refractivity (Wildman–Crippen MR) is 94.3 cm³/mol. The molecule has 3 aromatic rings. The Hall–Kier alpha value is -2.53. The van der Waals surface area contributed by atoms with Gasteiger partial charge in [0, 0.05) is 34.7 Å². The number of nitrogens with two attached hydrogens (primary N) is 1. The van der Waals surface area contributed by atoms with Gasteiger partial charge in [0.25, 0.3) is 0 Å². The van der Waals surface area contributed by atoms with Crippen LogP contribution in [0.15, 0.2) is 47.8 Å². The first-order valence-electron chi connectivity index (χ1n) is 7.21. The lowest BCUT2D eigenvalue weighted by Gasteiger charge is -2.09. The molecule has 23 heavy (non-hydrogen) atoms. The SMILES string of the molecule is COc1ccc(Cc2nc(-c3ccc(N)cc3)cs2)c(OC)c1. The molecule has 4 nitrogen and oxygen atoms in total. The van der Waals surface area contributed by atoms with Gasteiger partial charge in [0.1, 0.15) is 11.5 Å². The van der Waals surface area contributed by atoms with Gasteiger partial charge in [0.15, 0.2) is 0 Å². The summed E-state index contributed by atoms with van der Waals surface area (Å²) in [6, 6.07) is 13.6. The number of hydrogen-bond acceptors (Lipinski definition) is 5. The summed E-state index contributed by atoms with van der Waals surface area (Å²) < 4.78 is 10.7. The minimum atomic E-state index is 0.729. The molecule has 0 fully saturated rings. The lowest BCUT2D eigenvalue weighted by molar-refractivity contribution is 0.391. The van der Waals surface area contributed by atoms with Crippen LogP contribution in [0.2, 0.25) is 0 Å². The Bertz CT molecular complexity index is 797. The van der Waals surface area contributed by atoms with Crippen molar-refractivity contribution in [2.24, 2.45) is 0 Å². The predicted octanol–water partition coefficient (Wildman–Crippen LogP) is 4.00. The molecular formula is C18H18N2O2S. The fraction of sp³-hybridized carbons (Fsp3) is 0.167. The molecule has 2 N–H and O–H groups in total. The van der Waals surface area contributed by atoms with Crippen molar-refractivity contribution in [3.63, 3.8) is 0 Å². The molecule has 0 saturated carbocycles. The summed E-state index contributed by atoms with van der Waals surface area (Å²) in [7, 11) is 3.31. The van der Waals surface area contributed by atoms with Crippen LogP contribution < -0.4 is 15.2 Å². The molecular weight excluding hydrogens is 308 g/mol. The fourth-order valence-corrected chi connectivity index (χ4v) is 3.17. The number of nitrogens with zero attached hydrogens (tertiary/aromatic N) is 1. The number of benzene rings is 2. The molecule has 1 heterocycles. The average molecular weight is 326 g/mol. The van der Waals surface area contributed by atoms with Crippen LogP contribution in [0.3, 0.4) is 0 Å². The standard InChI is InChI=1S/C18H18N2O2S/c1-21-15-8-5-13(17(10-15)22-2)9-18-20-16(11-23-18)12-3-6-14(19)7-4-12/h3-8,10-11H,9,19H2,1-2H3. The van der Waals surface area contributed by atoms with Crippen LogP contribution in [0.25, 0.3) is 11.3 Å². The Morgan fingerprint density at radius 2 is 1.83 bits per heavy atom. The van der Waals surface area contributed by atoms with Crippen molar-refractivity contribution in [3.05, 3.63) is 58.4 Å². The number of ether oxygens (including phenoxy) is 2. The molecule has 5 heteroatoms. The number of methoxy groups -OCH3 is 2. The van der Waals surface area contributed by atoms with Gasteiger partial charge in [-0.3, -0.25) is 0 Å². The summed E-state index contributed by atoms with van der Waals surface area (Å²) in [4.78, 5) is 4.71. The third-order valence-corrected chi connectivity index (χ3v) is 4.44. The highest BCUT2D eigenvalue weighted by molar-refractivity contribution is 7.10. The zero-order chi connectivity index (χ0) is 16.2. The van der Waals surface area contributed by atoms with Gasteiger partial charge in [0.05, 0.1) is 24.9 Å². The zero-order valence-electron chi connectivity index (χ0n) is 13.1. The average Bonchev–Trinajstić information content (AvgIpc) is 3.04. The van der Waals surface area contributed by atoms with E-state index >= 15 is 0 Å². The first-order chi connectivity index (χ1) is 11.2. The zero-order valence-corrected chi connectivity index (χ0v) is 13.9. The van der Waals surface area contributed by atoms with E-state index in [2.05, 4.69) is 5.38 Å². The largest absolute Gasteiger partial charge is 0.497 e. The van der Waals surface area contributed by atoms with Gasteiger partial charge >= 0.3 is 0 Å². The van der Waals surface area contributed by atoms with Gasteiger partial charge in [-0.1, -0.05) is 18.2 Å².